The highest BCUT2D eigenvalue weighted by atomic mass is 32.2. The van der Waals surface area contributed by atoms with Gasteiger partial charge in [0, 0.05) is 30.9 Å². The molecule has 0 bridgehead atoms. The summed E-state index contributed by atoms with van der Waals surface area (Å²) in [5.74, 6) is 0. The van der Waals surface area contributed by atoms with Crippen molar-refractivity contribution >= 4 is 10.0 Å². The van der Waals surface area contributed by atoms with E-state index in [0.29, 0.717) is 18.7 Å². The Labute approximate surface area is 114 Å². The van der Waals surface area contributed by atoms with E-state index >= 15 is 0 Å². The number of piperidine rings is 1. The summed E-state index contributed by atoms with van der Waals surface area (Å²) in [4.78, 5) is 0. The minimum absolute atomic E-state index is 0.0134. The molecule has 1 aromatic heterocycles. The van der Waals surface area contributed by atoms with Gasteiger partial charge in [-0.3, -0.25) is 5.10 Å². The molecule has 7 heteroatoms. The van der Waals surface area contributed by atoms with Crippen LogP contribution in [0.15, 0.2) is 5.03 Å². The van der Waals surface area contributed by atoms with Gasteiger partial charge in [0.05, 0.1) is 0 Å². The molecule has 0 spiro atoms. The Bertz CT molecular complexity index is 562. The first-order valence-electron chi connectivity index (χ1n) is 6.52. The van der Waals surface area contributed by atoms with Crippen LogP contribution in [0.4, 0.5) is 0 Å². The first kappa shape index (κ1) is 14.5. The molecule has 6 nitrogen and oxygen atoms in total. The Morgan fingerprint density at radius 3 is 2.74 bits per heavy atom. The maximum absolute atomic E-state index is 12.7. The van der Waals surface area contributed by atoms with E-state index in [2.05, 4.69) is 24.0 Å². The molecule has 0 saturated carbocycles. The number of nitrogens with one attached hydrogen (secondary N) is 1. The lowest BCUT2D eigenvalue weighted by molar-refractivity contribution is 0.186. The van der Waals surface area contributed by atoms with Gasteiger partial charge in [-0.2, -0.15) is 9.40 Å². The lowest BCUT2D eigenvalue weighted by Gasteiger charge is -2.36. The second kappa shape index (κ2) is 4.88. The second-order valence-electron chi connectivity index (χ2n) is 5.94. The van der Waals surface area contributed by atoms with Crippen LogP contribution >= 0.6 is 0 Å². The predicted octanol–water partition coefficient (Wildman–Crippen LogP) is 0.988. The summed E-state index contributed by atoms with van der Waals surface area (Å²) in [6, 6.07) is 0. The molecule has 0 radical (unpaired) electrons. The number of H-pyrrole nitrogens is 1. The number of aromatic amines is 1. The third-order valence-electron chi connectivity index (χ3n) is 3.69. The molecule has 2 heterocycles. The average Bonchev–Trinajstić information content (AvgIpc) is 2.69. The van der Waals surface area contributed by atoms with E-state index in [1.165, 1.54) is 4.31 Å². The number of aromatic nitrogens is 2. The van der Waals surface area contributed by atoms with Crippen molar-refractivity contribution in [2.45, 2.75) is 45.2 Å². The van der Waals surface area contributed by atoms with Gasteiger partial charge >= 0.3 is 0 Å². The van der Waals surface area contributed by atoms with E-state index in [1.807, 2.05) is 0 Å². The fourth-order valence-electron chi connectivity index (χ4n) is 2.58. The fourth-order valence-corrected chi connectivity index (χ4v) is 4.42. The number of nitrogens with two attached hydrogens (primary N) is 1. The van der Waals surface area contributed by atoms with Crippen LogP contribution < -0.4 is 5.73 Å². The zero-order chi connectivity index (χ0) is 14.3. The molecule has 19 heavy (non-hydrogen) atoms. The van der Waals surface area contributed by atoms with Crippen LogP contribution in [0.25, 0.3) is 0 Å². The minimum Gasteiger partial charge on any atom is -0.326 e. The SMILES string of the molecule is Cc1[nH]nc(S(=O)(=O)N2CCCC(C)(C)C2)c1CN. The van der Waals surface area contributed by atoms with Gasteiger partial charge in [-0.1, -0.05) is 13.8 Å². The van der Waals surface area contributed by atoms with Crippen LogP contribution in [0.3, 0.4) is 0 Å². The molecule has 108 valence electrons. The predicted molar refractivity (Wildman–Crippen MR) is 73.0 cm³/mol. The van der Waals surface area contributed by atoms with Crippen LogP contribution in [0.5, 0.6) is 0 Å². The van der Waals surface area contributed by atoms with E-state index in [4.69, 9.17) is 5.73 Å². The van der Waals surface area contributed by atoms with E-state index in [1.54, 1.807) is 6.92 Å². The molecule has 0 aliphatic carbocycles. The van der Waals surface area contributed by atoms with Gasteiger partial charge in [-0.15, -0.1) is 0 Å². The number of hydrogen-bond donors (Lipinski definition) is 2. The van der Waals surface area contributed by atoms with Crippen molar-refractivity contribution in [3.05, 3.63) is 11.3 Å². The molecule has 1 aromatic rings. The van der Waals surface area contributed by atoms with Crippen molar-refractivity contribution < 1.29 is 8.42 Å². The highest BCUT2D eigenvalue weighted by Gasteiger charge is 2.36. The second-order valence-corrected chi connectivity index (χ2v) is 7.80. The monoisotopic (exact) mass is 286 g/mol. The van der Waals surface area contributed by atoms with Gasteiger partial charge in [0.2, 0.25) is 0 Å². The topological polar surface area (TPSA) is 92.1 Å². The summed E-state index contributed by atoms with van der Waals surface area (Å²) in [5, 5.41) is 6.75. The van der Waals surface area contributed by atoms with Crippen molar-refractivity contribution in [1.82, 2.24) is 14.5 Å². The number of nitrogens with zero attached hydrogens (tertiary/aromatic N) is 2. The Morgan fingerprint density at radius 1 is 1.47 bits per heavy atom. The Morgan fingerprint density at radius 2 is 2.16 bits per heavy atom. The molecule has 1 aliphatic rings. The number of sulfonamides is 1. The molecule has 0 aromatic carbocycles. The molecular weight excluding hydrogens is 264 g/mol. The first-order valence-corrected chi connectivity index (χ1v) is 7.96. The van der Waals surface area contributed by atoms with Crippen LogP contribution in [0, 0.1) is 12.3 Å². The number of rotatable bonds is 3. The van der Waals surface area contributed by atoms with Gasteiger partial charge in [0.25, 0.3) is 10.0 Å². The maximum atomic E-state index is 12.7. The smallest absolute Gasteiger partial charge is 0.262 e. The van der Waals surface area contributed by atoms with Crippen LogP contribution in [0.2, 0.25) is 0 Å². The summed E-state index contributed by atoms with van der Waals surface area (Å²) in [6.07, 6.45) is 1.93. The zero-order valence-corrected chi connectivity index (χ0v) is 12.5. The number of aryl methyl sites for hydroxylation is 1. The lowest BCUT2D eigenvalue weighted by atomic mass is 9.85. The molecule has 0 atom stereocenters. The standard InChI is InChI=1S/C12H22N4O2S/c1-9-10(7-13)11(15-14-9)19(17,18)16-6-4-5-12(2,3)8-16/h4-8,13H2,1-3H3,(H,14,15). The zero-order valence-electron chi connectivity index (χ0n) is 11.7. The highest BCUT2D eigenvalue weighted by molar-refractivity contribution is 7.89. The van der Waals surface area contributed by atoms with E-state index < -0.39 is 10.0 Å². The fraction of sp³-hybridized carbons (Fsp3) is 0.750. The molecule has 3 N–H and O–H groups in total. The third kappa shape index (κ3) is 2.68. The van der Waals surface area contributed by atoms with Gasteiger partial charge in [-0.05, 0) is 25.2 Å². The Kier molecular flexibility index (Phi) is 3.72. The third-order valence-corrected chi connectivity index (χ3v) is 5.51. The van der Waals surface area contributed by atoms with Crippen molar-refractivity contribution in [2.24, 2.45) is 11.1 Å². The molecule has 1 fully saturated rings. The summed E-state index contributed by atoms with van der Waals surface area (Å²) >= 11 is 0. The molecule has 2 rings (SSSR count). The van der Waals surface area contributed by atoms with Gasteiger partial charge in [-0.25, -0.2) is 8.42 Å². The Hall–Kier alpha value is -0.920. The van der Waals surface area contributed by atoms with Crippen molar-refractivity contribution in [3.8, 4) is 0 Å². The summed E-state index contributed by atoms with van der Waals surface area (Å²) < 4.78 is 26.8. The quantitative estimate of drug-likeness (QED) is 0.866. The average molecular weight is 286 g/mol. The van der Waals surface area contributed by atoms with Crippen molar-refractivity contribution in [1.29, 1.82) is 0 Å². The molecule has 1 saturated heterocycles. The van der Waals surface area contributed by atoms with E-state index in [9.17, 15) is 8.42 Å². The summed E-state index contributed by atoms with van der Waals surface area (Å²) in [6.45, 7) is 7.23. The highest BCUT2D eigenvalue weighted by Crippen LogP contribution is 2.32. The van der Waals surface area contributed by atoms with E-state index in [-0.39, 0.29) is 17.0 Å². The first-order chi connectivity index (χ1) is 8.78. The van der Waals surface area contributed by atoms with Crippen LogP contribution in [-0.2, 0) is 16.6 Å². The van der Waals surface area contributed by atoms with Gasteiger partial charge in [0.15, 0.2) is 5.03 Å². The number of hydrogen-bond acceptors (Lipinski definition) is 4. The van der Waals surface area contributed by atoms with E-state index in [0.717, 1.165) is 18.5 Å². The van der Waals surface area contributed by atoms with Crippen molar-refractivity contribution in [2.75, 3.05) is 13.1 Å². The molecular formula is C12H22N4O2S. The van der Waals surface area contributed by atoms with Crippen molar-refractivity contribution in [3.63, 3.8) is 0 Å². The lowest BCUT2D eigenvalue weighted by Crippen LogP contribution is -2.43. The van der Waals surface area contributed by atoms with Crippen LogP contribution in [0.1, 0.15) is 37.9 Å². The van der Waals surface area contributed by atoms with Crippen LogP contribution in [-0.4, -0.2) is 36.0 Å². The maximum Gasteiger partial charge on any atom is 0.262 e. The minimum atomic E-state index is -3.54. The Balaban J connectivity index is 2.37. The van der Waals surface area contributed by atoms with Gasteiger partial charge < -0.3 is 5.73 Å². The summed E-state index contributed by atoms with van der Waals surface area (Å²) in [5.41, 5.74) is 6.95. The largest absolute Gasteiger partial charge is 0.326 e. The summed E-state index contributed by atoms with van der Waals surface area (Å²) in [7, 11) is -3.54. The molecule has 0 amide bonds. The molecule has 0 unspecified atom stereocenters. The normalized spacial score (nSPS) is 20.6. The van der Waals surface area contributed by atoms with Gasteiger partial charge in [0.1, 0.15) is 0 Å². The molecule has 1 aliphatic heterocycles.